The molecule has 1 N–H and O–H groups in total. The summed E-state index contributed by atoms with van der Waals surface area (Å²) in [6, 6.07) is 16.8. The van der Waals surface area contributed by atoms with Crippen LogP contribution in [-0.2, 0) is 16.0 Å². The van der Waals surface area contributed by atoms with Crippen molar-refractivity contribution >= 4 is 17.4 Å². The van der Waals surface area contributed by atoms with Gasteiger partial charge >= 0.3 is 0 Å². The number of likely N-dealkylation sites (tertiary alicyclic amines) is 1. The average molecular weight is 506 g/mol. The Kier molecular flexibility index (Phi) is 7.77. The molecule has 4 rings (SSSR count). The van der Waals surface area contributed by atoms with Crippen LogP contribution in [0.15, 0.2) is 72.3 Å². The summed E-state index contributed by atoms with van der Waals surface area (Å²) in [4.78, 5) is 27.9. The van der Waals surface area contributed by atoms with Crippen molar-refractivity contribution < 1.29 is 33.3 Å². The fraction of sp³-hybridized carbons (Fsp3) is 0.241. The molecule has 1 amide bonds. The number of amides is 1. The quantitative estimate of drug-likeness (QED) is 0.253. The standard InChI is InChI=1S/C29H28FNO6/c1-4-37-22-12-8-19(9-13-22)26-25(27(32)20-6-10-21(30)11-7-20)28(33)29(34)31(26)16-15-18-5-14-23(35-2)24(17-18)36-3/h5-14,17,26,32H,4,15-16H2,1-3H3/b27-25-. The Morgan fingerprint density at radius 1 is 0.946 bits per heavy atom. The number of carbonyl (C=O) groups is 2. The number of Topliss-reactive ketones (excluding diaryl/α,β-unsaturated/α-hetero) is 1. The van der Waals surface area contributed by atoms with E-state index in [1.807, 2.05) is 19.1 Å². The number of ketones is 1. The molecule has 1 atom stereocenters. The molecule has 0 bridgehead atoms. The van der Waals surface area contributed by atoms with Gasteiger partial charge in [0, 0.05) is 12.1 Å². The summed E-state index contributed by atoms with van der Waals surface area (Å²) in [6.45, 7) is 2.57. The van der Waals surface area contributed by atoms with E-state index < -0.39 is 23.5 Å². The maximum atomic E-state index is 13.5. The molecular weight excluding hydrogens is 477 g/mol. The molecule has 3 aromatic rings. The molecule has 0 spiro atoms. The molecule has 0 radical (unpaired) electrons. The molecule has 3 aromatic carbocycles. The highest BCUT2D eigenvalue weighted by atomic mass is 19.1. The van der Waals surface area contributed by atoms with Crippen molar-refractivity contribution in [3.63, 3.8) is 0 Å². The summed E-state index contributed by atoms with van der Waals surface area (Å²) in [5.41, 5.74) is 1.71. The smallest absolute Gasteiger partial charge is 0.295 e. The van der Waals surface area contributed by atoms with Crippen LogP contribution in [0.25, 0.3) is 5.76 Å². The number of ether oxygens (including phenoxy) is 3. The van der Waals surface area contributed by atoms with Gasteiger partial charge in [-0.15, -0.1) is 0 Å². The third kappa shape index (κ3) is 5.28. The normalized spacial score (nSPS) is 16.6. The van der Waals surface area contributed by atoms with Crippen LogP contribution in [0.1, 0.15) is 29.7 Å². The van der Waals surface area contributed by atoms with E-state index in [-0.39, 0.29) is 23.4 Å². The van der Waals surface area contributed by atoms with Gasteiger partial charge in [-0.2, -0.15) is 0 Å². The van der Waals surface area contributed by atoms with Gasteiger partial charge in [0.1, 0.15) is 17.3 Å². The molecule has 1 unspecified atom stereocenters. The fourth-order valence-electron chi connectivity index (χ4n) is 4.42. The Balaban J connectivity index is 1.73. The number of aliphatic hydroxyl groups is 1. The van der Waals surface area contributed by atoms with E-state index in [1.54, 1.807) is 44.6 Å². The molecule has 1 aliphatic heterocycles. The van der Waals surface area contributed by atoms with Gasteiger partial charge in [-0.05, 0) is 73.0 Å². The number of carbonyl (C=O) groups excluding carboxylic acids is 2. The SMILES string of the molecule is CCOc1ccc(C2/C(=C(/O)c3ccc(F)cc3)C(=O)C(=O)N2CCc2ccc(OC)c(OC)c2)cc1. The minimum Gasteiger partial charge on any atom is -0.507 e. The van der Waals surface area contributed by atoms with Crippen LogP contribution in [0.3, 0.4) is 0 Å². The lowest BCUT2D eigenvalue weighted by atomic mass is 9.95. The van der Waals surface area contributed by atoms with Crippen LogP contribution in [0.2, 0.25) is 0 Å². The van der Waals surface area contributed by atoms with Gasteiger partial charge < -0.3 is 24.2 Å². The van der Waals surface area contributed by atoms with Gasteiger partial charge in [-0.1, -0.05) is 18.2 Å². The van der Waals surface area contributed by atoms with Crippen LogP contribution >= 0.6 is 0 Å². The zero-order chi connectivity index (χ0) is 26.5. The lowest BCUT2D eigenvalue weighted by Crippen LogP contribution is -2.31. The van der Waals surface area contributed by atoms with Gasteiger partial charge in [0.15, 0.2) is 11.5 Å². The summed E-state index contributed by atoms with van der Waals surface area (Å²) in [7, 11) is 3.09. The summed E-state index contributed by atoms with van der Waals surface area (Å²) in [5, 5.41) is 11.1. The van der Waals surface area contributed by atoms with Gasteiger partial charge in [-0.3, -0.25) is 9.59 Å². The van der Waals surface area contributed by atoms with Crippen molar-refractivity contribution in [3.05, 3.63) is 94.8 Å². The molecule has 1 aliphatic rings. The van der Waals surface area contributed by atoms with Crippen molar-refractivity contribution in [3.8, 4) is 17.2 Å². The van der Waals surface area contributed by atoms with E-state index in [2.05, 4.69) is 0 Å². The van der Waals surface area contributed by atoms with Crippen molar-refractivity contribution in [2.75, 3.05) is 27.4 Å². The highest BCUT2D eigenvalue weighted by Crippen LogP contribution is 2.40. The number of aliphatic hydroxyl groups excluding tert-OH is 1. The fourth-order valence-corrected chi connectivity index (χ4v) is 4.42. The number of methoxy groups -OCH3 is 2. The second-order valence-electron chi connectivity index (χ2n) is 8.44. The molecule has 1 heterocycles. The van der Waals surface area contributed by atoms with E-state index in [0.717, 1.165) is 5.56 Å². The number of nitrogens with zero attached hydrogens (tertiary/aromatic N) is 1. The number of hydrogen-bond donors (Lipinski definition) is 1. The maximum absolute atomic E-state index is 13.5. The summed E-state index contributed by atoms with van der Waals surface area (Å²) in [5.74, 6) is -0.564. The second kappa shape index (κ2) is 11.2. The van der Waals surface area contributed by atoms with Crippen LogP contribution in [-0.4, -0.2) is 49.1 Å². The molecule has 0 aromatic heterocycles. The predicted octanol–water partition coefficient (Wildman–Crippen LogP) is 4.91. The van der Waals surface area contributed by atoms with Crippen molar-refractivity contribution in [1.82, 2.24) is 4.90 Å². The van der Waals surface area contributed by atoms with Crippen LogP contribution < -0.4 is 14.2 Å². The number of rotatable bonds is 9. The summed E-state index contributed by atoms with van der Waals surface area (Å²) in [6.07, 6.45) is 0.428. The van der Waals surface area contributed by atoms with Crippen LogP contribution in [0.4, 0.5) is 4.39 Å². The summed E-state index contributed by atoms with van der Waals surface area (Å²) < 4.78 is 29.7. The van der Waals surface area contributed by atoms with Crippen molar-refractivity contribution in [2.45, 2.75) is 19.4 Å². The molecule has 7 nitrogen and oxygen atoms in total. The zero-order valence-corrected chi connectivity index (χ0v) is 20.9. The van der Waals surface area contributed by atoms with E-state index >= 15 is 0 Å². The molecular formula is C29H28FNO6. The summed E-state index contributed by atoms with van der Waals surface area (Å²) >= 11 is 0. The van der Waals surface area contributed by atoms with Gasteiger partial charge in [0.05, 0.1) is 32.4 Å². The Hall–Kier alpha value is -4.33. The van der Waals surface area contributed by atoms with E-state index in [4.69, 9.17) is 14.2 Å². The van der Waals surface area contributed by atoms with E-state index in [9.17, 15) is 19.1 Å². The van der Waals surface area contributed by atoms with Gasteiger partial charge in [0.25, 0.3) is 11.7 Å². The van der Waals surface area contributed by atoms with Crippen molar-refractivity contribution in [1.29, 1.82) is 0 Å². The van der Waals surface area contributed by atoms with E-state index in [0.29, 0.717) is 35.8 Å². The first kappa shape index (κ1) is 25.8. The van der Waals surface area contributed by atoms with Crippen molar-refractivity contribution in [2.24, 2.45) is 0 Å². The number of hydrogen-bond acceptors (Lipinski definition) is 6. The molecule has 37 heavy (non-hydrogen) atoms. The highest BCUT2D eigenvalue weighted by Gasteiger charge is 2.45. The lowest BCUT2D eigenvalue weighted by molar-refractivity contribution is -0.139. The number of halogens is 1. The minimum absolute atomic E-state index is 0.0481. The van der Waals surface area contributed by atoms with Crippen LogP contribution in [0.5, 0.6) is 17.2 Å². The monoisotopic (exact) mass is 505 g/mol. The van der Waals surface area contributed by atoms with Gasteiger partial charge in [-0.25, -0.2) is 4.39 Å². The van der Waals surface area contributed by atoms with Gasteiger partial charge in [0.2, 0.25) is 0 Å². The predicted molar refractivity (Wildman–Crippen MR) is 136 cm³/mol. The largest absolute Gasteiger partial charge is 0.507 e. The Morgan fingerprint density at radius 3 is 2.24 bits per heavy atom. The third-order valence-corrected chi connectivity index (χ3v) is 6.25. The second-order valence-corrected chi connectivity index (χ2v) is 8.44. The third-order valence-electron chi connectivity index (χ3n) is 6.25. The molecule has 0 saturated carbocycles. The Morgan fingerprint density at radius 2 is 1.62 bits per heavy atom. The minimum atomic E-state index is -0.833. The number of benzene rings is 3. The Labute approximate surface area is 214 Å². The first-order valence-corrected chi connectivity index (χ1v) is 11.9. The topological polar surface area (TPSA) is 85.3 Å². The maximum Gasteiger partial charge on any atom is 0.295 e. The Bertz CT molecular complexity index is 1320. The average Bonchev–Trinajstić information content (AvgIpc) is 3.17. The molecule has 8 heteroatoms. The highest BCUT2D eigenvalue weighted by molar-refractivity contribution is 6.46. The van der Waals surface area contributed by atoms with Crippen LogP contribution in [0, 0.1) is 5.82 Å². The molecule has 192 valence electrons. The van der Waals surface area contributed by atoms with E-state index in [1.165, 1.54) is 29.2 Å². The first-order chi connectivity index (χ1) is 17.9. The molecule has 1 saturated heterocycles. The molecule has 1 fully saturated rings. The lowest BCUT2D eigenvalue weighted by Gasteiger charge is -2.25. The molecule has 0 aliphatic carbocycles. The zero-order valence-electron chi connectivity index (χ0n) is 20.9. The first-order valence-electron chi connectivity index (χ1n) is 11.9.